The molecule has 0 radical (unpaired) electrons. The molecule has 5 heteroatoms. The number of rotatable bonds is 11. The predicted octanol–water partition coefficient (Wildman–Crippen LogP) is 2.84. The van der Waals surface area contributed by atoms with Crippen molar-refractivity contribution in [2.45, 2.75) is 53.9 Å². The molecule has 0 aliphatic carbocycles. The third kappa shape index (κ3) is 54.4. The highest BCUT2D eigenvalue weighted by Gasteiger charge is 1.89. The molecule has 0 aliphatic rings. The third-order valence-corrected chi connectivity index (χ3v) is 1.95. The Morgan fingerprint density at radius 2 is 1.48 bits per heavy atom. The standard InChI is InChI=1S/C9H20N2O2.C3H8O.2C2H6/c1-10-5-2-3-7-13-8-4-6-11-9-12;1-3-4-2;2*1-2/h9-10H,2-8H2,1H3,(H,11,12);3H2,1-2H3;2*1-2H3. The second-order valence-electron chi connectivity index (χ2n) is 3.43. The highest BCUT2D eigenvalue weighted by atomic mass is 16.5. The molecule has 0 saturated carbocycles. The number of hydrogen-bond donors (Lipinski definition) is 2. The summed E-state index contributed by atoms with van der Waals surface area (Å²) in [6.07, 6.45) is 3.86. The molecule has 0 bridgehead atoms. The number of hydrogen-bond acceptors (Lipinski definition) is 4. The summed E-state index contributed by atoms with van der Waals surface area (Å²) in [7, 11) is 3.63. The van der Waals surface area contributed by atoms with Crippen LogP contribution in [0, 0.1) is 0 Å². The lowest BCUT2D eigenvalue weighted by Gasteiger charge is -2.03. The summed E-state index contributed by atoms with van der Waals surface area (Å²) in [6.45, 7) is 14.1. The van der Waals surface area contributed by atoms with E-state index in [1.807, 2.05) is 41.7 Å². The van der Waals surface area contributed by atoms with E-state index in [2.05, 4.69) is 15.4 Å². The Labute approximate surface area is 133 Å². The van der Waals surface area contributed by atoms with E-state index in [1.165, 1.54) is 0 Å². The summed E-state index contributed by atoms with van der Waals surface area (Å²) in [5, 5.41) is 5.67. The zero-order valence-corrected chi connectivity index (χ0v) is 15.5. The van der Waals surface area contributed by atoms with Crippen LogP contribution in [0.15, 0.2) is 0 Å². The molecule has 0 aromatic heterocycles. The first kappa shape index (κ1) is 28.5. The van der Waals surface area contributed by atoms with E-state index in [-0.39, 0.29) is 0 Å². The molecule has 0 atom stereocenters. The molecule has 0 spiro atoms. The van der Waals surface area contributed by atoms with Crippen LogP contribution in [0.4, 0.5) is 0 Å². The van der Waals surface area contributed by atoms with Crippen molar-refractivity contribution in [1.29, 1.82) is 0 Å². The van der Waals surface area contributed by atoms with Crippen molar-refractivity contribution in [2.24, 2.45) is 0 Å². The van der Waals surface area contributed by atoms with Crippen molar-refractivity contribution < 1.29 is 14.3 Å². The Kier molecular flexibility index (Phi) is 58.0. The van der Waals surface area contributed by atoms with E-state index in [4.69, 9.17) is 4.74 Å². The number of ether oxygens (including phenoxy) is 2. The molecule has 0 unspecified atom stereocenters. The minimum absolute atomic E-state index is 0.708. The fourth-order valence-corrected chi connectivity index (χ4v) is 0.943. The predicted molar refractivity (Wildman–Crippen MR) is 92.9 cm³/mol. The molecule has 0 rings (SSSR count). The molecule has 0 saturated heterocycles. The minimum Gasteiger partial charge on any atom is -0.385 e. The number of methoxy groups -OCH3 is 1. The van der Waals surface area contributed by atoms with Crippen LogP contribution in [0.5, 0.6) is 0 Å². The normalized spacial score (nSPS) is 8.14. The molecule has 0 aromatic carbocycles. The van der Waals surface area contributed by atoms with E-state index >= 15 is 0 Å². The van der Waals surface area contributed by atoms with Crippen LogP contribution in [-0.2, 0) is 14.3 Å². The Balaban J connectivity index is -0.000000151. The van der Waals surface area contributed by atoms with Gasteiger partial charge in [0.1, 0.15) is 0 Å². The molecule has 0 aromatic rings. The maximum absolute atomic E-state index is 9.85. The van der Waals surface area contributed by atoms with Gasteiger partial charge in [0.15, 0.2) is 0 Å². The summed E-state index contributed by atoms with van der Waals surface area (Å²) in [6, 6.07) is 0. The van der Waals surface area contributed by atoms with Crippen molar-refractivity contribution in [2.75, 3.05) is 47.1 Å². The van der Waals surface area contributed by atoms with E-state index in [0.717, 1.165) is 45.6 Å². The fourth-order valence-electron chi connectivity index (χ4n) is 0.943. The average Bonchev–Trinajstić information content (AvgIpc) is 2.57. The first-order valence-corrected chi connectivity index (χ1v) is 8.21. The Bertz CT molecular complexity index is 135. The van der Waals surface area contributed by atoms with E-state index in [9.17, 15) is 4.79 Å². The van der Waals surface area contributed by atoms with Crippen molar-refractivity contribution >= 4 is 6.41 Å². The van der Waals surface area contributed by atoms with E-state index < -0.39 is 0 Å². The molecule has 0 aliphatic heterocycles. The molecule has 0 fully saturated rings. The summed E-state index contributed by atoms with van der Waals surface area (Å²) in [5.74, 6) is 0. The third-order valence-electron chi connectivity index (χ3n) is 1.95. The van der Waals surface area contributed by atoms with Crippen LogP contribution in [0.2, 0.25) is 0 Å². The Morgan fingerprint density at radius 3 is 1.90 bits per heavy atom. The molecule has 0 heterocycles. The second kappa shape index (κ2) is 42.7. The minimum atomic E-state index is 0.708. The fraction of sp³-hybridized carbons (Fsp3) is 0.938. The van der Waals surface area contributed by atoms with E-state index in [1.54, 1.807) is 7.11 Å². The van der Waals surface area contributed by atoms with Gasteiger partial charge in [0.2, 0.25) is 6.41 Å². The van der Waals surface area contributed by atoms with Crippen molar-refractivity contribution in [1.82, 2.24) is 10.6 Å². The first-order valence-electron chi connectivity index (χ1n) is 8.21. The van der Waals surface area contributed by atoms with E-state index in [0.29, 0.717) is 13.0 Å². The maximum atomic E-state index is 9.85. The molecule has 21 heavy (non-hydrogen) atoms. The smallest absolute Gasteiger partial charge is 0.207 e. The van der Waals surface area contributed by atoms with Gasteiger partial charge in [-0.2, -0.15) is 0 Å². The number of carbonyl (C=O) groups excluding carboxylic acids is 1. The van der Waals surface area contributed by atoms with Gasteiger partial charge in [-0.1, -0.05) is 27.7 Å². The zero-order valence-electron chi connectivity index (χ0n) is 15.5. The van der Waals surface area contributed by atoms with Crippen LogP contribution in [0.25, 0.3) is 0 Å². The number of nitrogens with one attached hydrogen (secondary N) is 2. The van der Waals surface area contributed by atoms with Gasteiger partial charge in [-0.3, -0.25) is 4.79 Å². The van der Waals surface area contributed by atoms with Crippen LogP contribution in [0.1, 0.15) is 53.9 Å². The lowest BCUT2D eigenvalue weighted by molar-refractivity contribution is -0.109. The van der Waals surface area contributed by atoms with Gasteiger partial charge in [0.05, 0.1) is 0 Å². The quantitative estimate of drug-likeness (QED) is 0.455. The van der Waals surface area contributed by atoms with Crippen molar-refractivity contribution in [3.63, 3.8) is 0 Å². The SMILES string of the molecule is CC.CC.CCOC.CNCCCCOCCCNC=O. The zero-order chi connectivity index (χ0) is 17.2. The Hall–Kier alpha value is -0.650. The highest BCUT2D eigenvalue weighted by molar-refractivity contribution is 5.45. The summed E-state index contributed by atoms with van der Waals surface area (Å²) < 4.78 is 9.88. The van der Waals surface area contributed by atoms with Gasteiger partial charge in [0.25, 0.3) is 0 Å². The average molecular weight is 309 g/mol. The Morgan fingerprint density at radius 1 is 0.952 bits per heavy atom. The monoisotopic (exact) mass is 308 g/mol. The number of carbonyl (C=O) groups is 1. The summed E-state index contributed by atoms with van der Waals surface area (Å²) >= 11 is 0. The molecule has 132 valence electrons. The van der Waals surface area contributed by atoms with Crippen LogP contribution in [0.3, 0.4) is 0 Å². The molecular formula is C16H40N2O3. The molecular weight excluding hydrogens is 268 g/mol. The van der Waals surface area contributed by atoms with Gasteiger partial charge in [0, 0.05) is 33.5 Å². The van der Waals surface area contributed by atoms with Gasteiger partial charge < -0.3 is 20.1 Å². The first-order chi connectivity index (χ1) is 10.3. The lowest BCUT2D eigenvalue weighted by Crippen LogP contribution is -2.14. The van der Waals surface area contributed by atoms with Gasteiger partial charge >= 0.3 is 0 Å². The van der Waals surface area contributed by atoms with Crippen LogP contribution < -0.4 is 10.6 Å². The summed E-state index contributed by atoms with van der Waals surface area (Å²) in [4.78, 5) is 9.85. The summed E-state index contributed by atoms with van der Waals surface area (Å²) in [5.41, 5.74) is 0. The van der Waals surface area contributed by atoms with Gasteiger partial charge in [-0.25, -0.2) is 0 Å². The van der Waals surface area contributed by atoms with Crippen molar-refractivity contribution in [3.8, 4) is 0 Å². The number of amides is 1. The van der Waals surface area contributed by atoms with Crippen molar-refractivity contribution in [3.05, 3.63) is 0 Å². The van der Waals surface area contributed by atoms with Crippen LogP contribution >= 0.6 is 0 Å². The highest BCUT2D eigenvalue weighted by Crippen LogP contribution is 1.89. The molecule has 2 N–H and O–H groups in total. The van der Waals surface area contributed by atoms with Crippen LogP contribution in [-0.4, -0.2) is 53.5 Å². The van der Waals surface area contributed by atoms with Gasteiger partial charge in [-0.05, 0) is 39.8 Å². The molecule has 5 nitrogen and oxygen atoms in total. The lowest BCUT2D eigenvalue weighted by atomic mass is 10.3. The largest absolute Gasteiger partial charge is 0.385 e. The topological polar surface area (TPSA) is 59.6 Å². The van der Waals surface area contributed by atoms with Gasteiger partial charge in [-0.15, -0.1) is 0 Å². The maximum Gasteiger partial charge on any atom is 0.207 e. The molecule has 1 amide bonds. The second-order valence-corrected chi connectivity index (χ2v) is 3.43. The number of unbranched alkanes of at least 4 members (excludes halogenated alkanes) is 1.